The molecule has 0 amide bonds. The van der Waals surface area contributed by atoms with E-state index >= 15 is 0 Å². The number of aromatic nitrogens is 6. The zero-order valence-electron chi connectivity index (χ0n) is 21.3. The number of aromatic amines is 2. The Morgan fingerprint density at radius 1 is 0.579 bits per heavy atom. The summed E-state index contributed by atoms with van der Waals surface area (Å²) >= 11 is 0. The molecule has 0 bridgehead atoms. The van der Waals surface area contributed by atoms with Crippen molar-refractivity contribution in [1.82, 2.24) is 29.9 Å². The summed E-state index contributed by atoms with van der Waals surface area (Å²) in [5.74, 6) is 2.21. The summed E-state index contributed by atoms with van der Waals surface area (Å²) < 4.78 is 0. The summed E-state index contributed by atoms with van der Waals surface area (Å²) in [5, 5.41) is 6.63. The van der Waals surface area contributed by atoms with E-state index in [2.05, 4.69) is 72.3 Å². The van der Waals surface area contributed by atoms with Gasteiger partial charge in [0.1, 0.15) is 11.6 Å². The molecule has 0 spiro atoms. The predicted molar refractivity (Wildman–Crippen MR) is 156 cm³/mol. The molecule has 0 radical (unpaired) electrons. The summed E-state index contributed by atoms with van der Waals surface area (Å²) in [6, 6.07) is 21.5. The van der Waals surface area contributed by atoms with Crippen LogP contribution < -0.4 is 0 Å². The van der Waals surface area contributed by atoms with Gasteiger partial charge in [-0.25, -0.2) is 9.97 Å². The molecule has 182 valence electrons. The Balaban J connectivity index is 1.42. The lowest BCUT2D eigenvalue weighted by atomic mass is 9.95. The van der Waals surface area contributed by atoms with E-state index in [9.17, 15) is 0 Å². The van der Waals surface area contributed by atoms with Gasteiger partial charge in [0.15, 0.2) is 0 Å². The molecule has 0 aliphatic heterocycles. The number of hydrogen-bond donors (Lipinski definition) is 2. The summed E-state index contributed by atoms with van der Waals surface area (Å²) in [6.07, 6.45) is 3.72. The standard InChI is InChI=1S/C32H24N6/c1-16(2)32-37-29-21-11-9-19(15-25(21)27-23(31(29)38-32)7-5-13-34-27)18-8-10-20-24(14-18)26-22(6-4-12-33-26)30-28(20)35-17(3)36-30/h4-16H,1-3H3,(H,35,36)(H,37,38). The van der Waals surface area contributed by atoms with Gasteiger partial charge in [0.25, 0.3) is 0 Å². The average molecular weight is 493 g/mol. The third kappa shape index (κ3) is 2.88. The molecule has 0 atom stereocenters. The van der Waals surface area contributed by atoms with Crippen molar-refractivity contribution in [3.8, 4) is 11.1 Å². The molecule has 0 saturated heterocycles. The van der Waals surface area contributed by atoms with E-state index in [0.29, 0.717) is 5.92 Å². The molecule has 0 fully saturated rings. The monoisotopic (exact) mass is 492 g/mol. The van der Waals surface area contributed by atoms with Crippen molar-refractivity contribution < 1.29 is 0 Å². The van der Waals surface area contributed by atoms with Crippen LogP contribution >= 0.6 is 0 Å². The number of benzene rings is 4. The molecular weight excluding hydrogens is 468 g/mol. The fourth-order valence-corrected chi connectivity index (χ4v) is 5.83. The van der Waals surface area contributed by atoms with Gasteiger partial charge in [-0.1, -0.05) is 38.1 Å². The highest BCUT2D eigenvalue weighted by Crippen LogP contribution is 2.38. The number of pyridine rings is 2. The van der Waals surface area contributed by atoms with E-state index in [1.165, 1.54) is 0 Å². The predicted octanol–water partition coefficient (Wildman–Crippen LogP) is 7.94. The molecule has 8 rings (SSSR count). The first kappa shape index (κ1) is 21.3. The van der Waals surface area contributed by atoms with Crippen LogP contribution in [0.4, 0.5) is 0 Å². The van der Waals surface area contributed by atoms with Gasteiger partial charge < -0.3 is 9.97 Å². The Labute approximate surface area is 217 Å². The van der Waals surface area contributed by atoms with Crippen molar-refractivity contribution in [2.45, 2.75) is 26.7 Å². The van der Waals surface area contributed by atoms with Gasteiger partial charge in [0.05, 0.1) is 33.1 Å². The molecule has 4 aromatic heterocycles. The lowest BCUT2D eigenvalue weighted by Gasteiger charge is -2.10. The van der Waals surface area contributed by atoms with Gasteiger partial charge in [-0.05, 0) is 54.4 Å². The van der Waals surface area contributed by atoms with Crippen molar-refractivity contribution in [2.24, 2.45) is 0 Å². The maximum atomic E-state index is 4.95. The average Bonchev–Trinajstić information content (AvgIpc) is 3.58. The Bertz CT molecular complexity index is 2240. The number of nitrogens with zero attached hydrogens (tertiary/aromatic N) is 4. The van der Waals surface area contributed by atoms with Gasteiger partial charge in [0, 0.05) is 50.6 Å². The molecule has 4 heterocycles. The SMILES string of the molecule is Cc1nc2c3cccnc3c3cc(-c4ccc5c(c4)c4ncccc4c4nc(C(C)C)[nH]c54)ccc3c2[nH]1. The zero-order valence-corrected chi connectivity index (χ0v) is 21.3. The molecular formula is C32H24N6. The van der Waals surface area contributed by atoms with Gasteiger partial charge in [0.2, 0.25) is 0 Å². The second-order valence-corrected chi connectivity index (χ2v) is 10.4. The Morgan fingerprint density at radius 2 is 1.13 bits per heavy atom. The Hall–Kier alpha value is -4.84. The van der Waals surface area contributed by atoms with Crippen molar-refractivity contribution in [3.63, 3.8) is 0 Å². The van der Waals surface area contributed by atoms with Gasteiger partial charge in [-0.15, -0.1) is 0 Å². The Morgan fingerprint density at radius 3 is 1.71 bits per heavy atom. The second-order valence-electron chi connectivity index (χ2n) is 10.4. The van der Waals surface area contributed by atoms with Crippen LogP contribution in [-0.4, -0.2) is 29.9 Å². The van der Waals surface area contributed by atoms with Crippen molar-refractivity contribution >= 4 is 65.4 Å². The van der Waals surface area contributed by atoms with Crippen molar-refractivity contribution in [2.75, 3.05) is 0 Å². The van der Waals surface area contributed by atoms with Crippen LogP contribution in [0.25, 0.3) is 76.5 Å². The minimum Gasteiger partial charge on any atom is -0.342 e. The van der Waals surface area contributed by atoms with Gasteiger partial charge in [-0.3, -0.25) is 9.97 Å². The normalized spacial score (nSPS) is 12.3. The van der Waals surface area contributed by atoms with E-state index in [1.807, 2.05) is 31.5 Å². The van der Waals surface area contributed by atoms with Crippen LogP contribution in [0, 0.1) is 6.92 Å². The molecule has 0 aliphatic rings. The van der Waals surface area contributed by atoms with Crippen molar-refractivity contribution in [3.05, 3.63) is 84.7 Å². The second kappa shape index (κ2) is 7.59. The van der Waals surface area contributed by atoms with Crippen LogP contribution in [0.1, 0.15) is 31.4 Å². The maximum absolute atomic E-state index is 4.95. The molecule has 8 aromatic rings. The van der Waals surface area contributed by atoms with Crippen LogP contribution in [0.2, 0.25) is 0 Å². The highest BCUT2D eigenvalue weighted by atomic mass is 14.9. The Kier molecular flexibility index (Phi) is 4.24. The third-order valence-electron chi connectivity index (χ3n) is 7.64. The van der Waals surface area contributed by atoms with Crippen LogP contribution in [-0.2, 0) is 0 Å². The summed E-state index contributed by atoms with van der Waals surface area (Å²) in [6.45, 7) is 6.32. The number of imidazole rings is 2. The number of H-pyrrole nitrogens is 2. The first-order valence-electron chi connectivity index (χ1n) is 12.9. The number of nitrogens with one attached hydrogen (secondary N) is 2. The number of fused-ring (bicyclic) bond motifs is 12. The fraction of sp³-hybridized carbons (Fsp3) is 0.125. The van der Waals surface area contributed by atoms with Gasteiger partial charge in [-0.2, -0.15) is 0 Å². The van der Waals surface area contributed by atoms with E-state index in [4.69, 9.17) is 19.9 Å². The molecule has 38 heavy (non-hydrogen) atoms. The lowest BCUT2D eigenvalue weighted by Crippen LogP contribution is -1.88. The quantitative estimate of drug-likeness (QED) is 0.240. The molecule has 4 aromatic carbocycles. The largest absolute Gasteiger partial charge is 0.342 e. The fourth-order valence-electron chi connectivity index (χ4n) is 5.83. The van der Waals surface area contributed by atoms with Gasteiger partial charge >= 0.3 is 0 Å². The zero-order chi connectivity index (χ0) is 25.5. The third-order valence-corrected chi connectivity index (χ3v) is 7.64. The topological polar surface area (TPSA) is 83.1 Å². The molecule has 0 unspecified atom stereocenters. The highest BCUT2D eigenvalue weighted by Gasteiger charge is 2.17. The van der Waals surface area contributed by atoms with E-state index < -0.39 is 0 Å². The van der Waals surface area contributed by atoms with Crippen molar-refractivity contribution in [1.29, 1.82) is 0 Å². The first-order chi connectivity index (χ1) is 18.6. The maximum Gasteiger partial charge on any atom is 0.109 e. The summed E-state index contributed by atoms with van der Waals surface area (Å²) in [5.41, 5.74) is 8.30. The number of aryl methyl sites for hydroxylation is 1. The molecule has 2 N–H and O–H groups in total. The molecule has 0 saturated carbocycles. The van der Waals surface area contributed by atoms with Crippen LogP contribution in [0.5, 0.6) is 0 Å². The molecule has 6 heteroatoms. The lowest BCUT2D eigenvalue weighted by molar-refractivity contribution is 0.799. The van der Waals surface area contributed by atoms with Crippen LogP contribution in [0.15, 0.2) is 73.1 Å². The number of rotatable bonds is 2. The minimum atomic E-state index is 0.314. The molecule has 6 nitrogen and oxygen atoms in total. The minimum absolute atomic E-state index is 0.314. The smallest absolute Gasteiger partial charge is 0.109 e. The molecule has 0 aliphatic carbocycles. The van der Waals surface area contributed by atoms with E-state index in [0.717, 1.165) is 88.2 Å². The summed E-state index contributed by atoms with van der Waals surface area (Å²) in [7, 11) is 0. The summed E-state index contributed by atoms with van der Waals surface area (Å²) in [4.78, 5) is 26.3. The first-order valence-corrected chi connectivity index (χ1v) is 12.9. The van der Waals surface area contributed by atoms with Crippen LogP contribution in [0.3, 0.4) is 0 Å². The van der Waals surface area contributed by atoms with E-state index in [-0.39, 0.29) is 0 Å². The highest BCUT2D eigenvalue weighted by molar-refractivity contribution is 6.24. The number of hydrogen-bond acceptors (Lipinski definition) is 4. The van der Waals surface area contributed by atoms with E-state index in [1.54, 1.807) is 0 Å².